The van der Waals surface area contributed by atoms with Crippen LogP contribution in [0.15, 0.2) is 16.6 Å². The summed E-state index contributed by atoms with van der Waals surface area (Å²) in [5.41, 5.74) is 9.06. The van der Waals surface area contributed by atoms with Gasteiger partial charge < -0.3 is 15.4 Å². The lowest BCUT2D eigenvalue weighted by atomic mass is 9.97. The summed E-state index contributed by atoms with van der Waals surface area (Å²) < 4.78 is 6.94. The van der Waals surface area contributed by atoms with Crippen LogP contribution in [0.4, 0.5) is 0 Å². The van der Waals surface area contributed by atoms with Crippen molar-refractivity contribution in [2.75, 3.05) is 31.7 Å². The standard InChI is InChI=1S/C15H21BrN2OS/c1-18-3-5-20-9-14(18)13(17)8-11-7-12(16)6-10-2-4-19-15(10)11/h6-7,13-14H,2-5,8-9,17H2,1H3. The number of thioether (sulfide) groups is 1. The fourth-order valence-electron chi connectivity index (χ4n) is 3.04. The number of rotatable bonds is 3. The van der Waals surface area contributed by atoms with E-state index in [1.54, 1.807) is 0 Å². The molecule has 2 aliphatic heterocycles. The van der Waals surface area contributed by atoms with Crippen molar-refractivity contribution >= 4 is 27.7 Å². The van der Waals surface area contributed by atoms with Gasteiger partial charge in [0, 0.05) is 41.0 Å². The summed E-state index contributed by atoms with van der Waals surface area (Å²) >= 11 is 5.61. The first-order chi connectivity index (χ1) is 9.65. The zero-order chi connectivity index (χ0) is 14.1. The molecule has 1 fully saturated rings. The Kier molecular flexibility index (Phi) is 4.60. The maximum atomic E-state index is 6.49. The minimum absolute atomic E-state index is 0.162. The minimum atomic E-state index is 0.162. The Labute approximate surface area is 133 Å². The number of hydrogen-bond donors (Lipinski definition) is 1. The van der Waals surface area contributed by atoms with E-state index >= 15 is 0 Å². The van der Waals surface area contributed by atoms with E-state index in [-0.39, 0.29) is 6.04 Å². The molecule has 0 bridgehead atoms. The van der Waals surface area contributed by atoms with Crippen molar-refractivity contribution in [2.24, 2.45) is 5.73 Å². The maximum absolute atomic E-state index is 6.49. The first-order valence-electron chi connectivity index (χ1n) is 7.13. The monoisotopic (exact) mass is 356 g/mol. The average Bonchev–Trinajstić information content (AvgIpc) is 2.87. The summed E-state index contributed by atoms with van der Waals surface area (Å²) in [6.45, 7) is 1.93. The number of hydrogen-bond acceptors (Lipinski definition) is 4. The molecule has 0 spiro atoms. The van der Waals surface area contributed by atoms with Crippen LogP contribution in [0.5, 0.6) is 5.75 Å². The highest BCUT2D eigenvalue weighted by molar-refractivity contribution is 9.10. The molecule has 2 unspecified atom stereocenters. The van der Waals surface area contributed by atoms with Gasteiger partial charge in [-0.1, -0.05) is 15.9 Å². The molecular formula is C15H21BrN2OS. The molecule has 2 N–H and O–H groups in total. The van der Waals surface area contributed by atoms with Gasteiger partial charge in [0.2, 0.25) is 0 Å². The van der Waals surface area contributed by atoms with Crippen LogP contribution in [-0.2, 0) is 12.8 Å². The first-order valence-corrected chi connectivity index (χ1v) is 9.07. The van der Waals surface area contributed by atoms with E-state index in [4.69, 9.17) is 10.5 Å². The van der Waals surface area contributed by atoms with Crippen molar-refractivity contribution in [3.05, 3.63) is 27.7 Å². The van der Waals surface area contributed by atoms with Crippen molar-refractivity contribution in [1.82, 2.24) is 4.90 Å². The van der Waals surface area contributed by atoms with Gasteiger partial charge in [0.1, 0.15) is 5.75 Å². The molecule has 0 aromatic heterocycles. The van der Waals surface area contributed by atoms with E-state index in [0.717, 1.165) is 42.0 Å². The molecule has 1 saturated heterocycles. The van der Waals surface area contributed by atoms with Crippen molar-refractivity contribution in [1.29, 1.82) is 0 Å². The molecule has 3 rings (SSSR count). The second-order valence-electron chi connectivity index (χ2n) is 5.64. The smallest absolute Gasteiger partial charge is 0.125 e. The Morgan fingerprint density at radius 2 is 2.40 bits per heavy atom. The SMILES string of the molecule is CN1CCSCC1C(N)Cc1cc(Br)cc2c1OCC2. The molecular weight excluding hydrogens is 336 g/mol. The highest BCUT2D eigenvalue weighted by atomic mass is 79.9. The molecule has 110 valence electrons. The second-order valence-corrected chi connectivity index (χ2v) is 7.71. The Hall–Kier alpha value is -0.230. The van der Waals surface area contributed by atoms with E-state index in [0.29, 0.717) is 6.04 Å². The number of fused-ring (bicyclic) bond motifs is 1. The highest BCUT2D eigenvalue weighted by Crippen LogP contribution is 2.34. The number of nitrogens with two attached hydrogens (primary N) is 1. The van der Waals surface area contributed by atoms with E-state index in [9.17, 15) is 0 Å². The molecule has 20 heavy (non-hydrogen) atoms. The zero-order valence-electron chi connectivity index (χ0n) is 11.8. The zero-order valence-corrected chi connectivity index (χ0v) is 14.2. The molecule has 1 aromatic carbocycles. The van der Waals surface area contributed by atoms with Crippen LogP contribution in [-0.4, -0.2) is 48.7 Å². The molecule has 5 heteroatoms. The van der Waals surface area contributed by atoms with Crippen molar-refractivity contribution in [3.63, 3.8) is 0 Å². The van der Waals surface area contributed by atoms with Crippen LogP contribution in [0.25, 0.3) is 0 Å². The number of ether oxygens (including phenoxy) is 1. The Bertz CT molecular complexity index is 497. The van der Waals surface area contributed by atoms with Crippen LogP contribution in [0.3, 0.4) is 0 Å². The Morgan fingerprint density at radius 1 is 1.55 bits per heavy atom. The predicted molar refractivity (Wildman–Crippen MR) is 88.8 cm³/mol. The van der Waals surface area contributed by atoms with Crippen LogP contribution < -0.4 is 10.5 Å². The van der Waals surface area contributed by atoms with Gasteiger partial charge in [0.15, 0.2) is 0 Å². The number of halogens is 1. The predicted octanol–water partition coefficient (Wildman–Crippen LogP) is 2.30. The van der Waals surface area contributed by atoms with Gasteiger partial charge in [-0.25, -0.2) is 0 Å². The first kappa shape index (κ1) is 14.7. The normalized spacial score (nSPS) is 24.2. The highest BCUT2D eigenvalue weighted by Gasteiger charge is 2.27. The van der Waals surface area contributed by atoms with E-state index < -0.39 is 0 Å². The van der Waals surface area contributed by atoms with E-state index in [2.05, 4.69) is 40.0 Å². The molecule has 0 amide bonds. The van der Waals surface area contributed by atoms with Crippen LogP contribution in [0.2, 0.25) is 0 Å². The summed E-state index contributed by atoms with van der Waals surface area (Å²) in [4.78, 5) is 2.40. The number of likely N-dealkylation sites (N-methyl/N-ethyl adjacent to an activating group) is 1. The summed E-state index contributed by atoms with van der Waals surface area (Å²) in [6, 6.07) is 4.96. The second kappa shape index (κ2) is 6.26. The third kappa shape index (κ3) is 3.01. The quantitative estimate of drug-likeness (QED) is 0.901. The summed E-state index contributed by atoms with van der Waals surface area (Å²) in [7, 11) is 2.19. The molecule has 0 saturated carbocycles. The lowest BCUT2D eigenvalue weighted by Gasteiger charge is -2.36. The maximum Gasteiger partial charge on any atom is 0.125 e. The van der Waals surface area contributed by atoms with Gasteiger partial charge in [-0.05, 0) is 36.7 Å². The van der Waals surface area contributed by atoms with E-state index in [1.807, 2.05) is 11.8 Å². The van der Waals surface area contributed by atoms with Gasteiger partial charge in [-0.2, -0.15) is 11.8 Å². The van der Waals surface area contributed by atoms with E-state index in [1.165, 1.54) is 16.9 Å². The third-order valence-electron chi connectivity index (χ3n) is 4.22. The molecule has 2 heterocycles. The van der Waals surface area contributed by atoms with Crippen LogP contribution in [0.1, 0.15) is 11.1 Å². The van der Waals surface area contributed by atoms with Gasteiger partial charge in [0.25, 0.3) is 0 Å². The van der Waals surface area contributed by atoms with Crippen molar-refractivity contribution in [3.8, 4) is 5.75 Å². The molecule has 2 aliphatic rings. The lowest BCUT2D eigenvalue weighted by molar-refractivity contribution is 0.234. The summed E-state index contributed by atoms with van der Waals surface area (Å²) in [5, 5.41) is 0. The molecule has 1 aromatic rings. The summed E-state index contributed by atoms with van der Waals surface area (Å²) in [5.74, 6) is 3.43. The van der Waals surface area contributed by atoms with Gasteiger partial charge in [-0.3, -0.25) is 0 Å². The van der Waals surface area contributed by atoms with Crippen molar-refractivity contribution < 1.29 is 4.74 Å². The minimum Gasteiger partial charge on any atom is -0.493 e. The lowest BCUT2D eigenvalue weighted by Crippen LogP contribution is -2.51. The summed E-state index contributed by atoms with van der Waals surface area (Å²) in [6.07, 6.45) is 1.90. The largest absolute Gasteiger partial charge is 0.493 e. The Morgan fingerprint density at radius 3 is 3.20 bits per heavy atom. The van der Waals surface area contributed by atoms with Gasteiger partial charge >= 0.3 is 0 Å². The molecule has 2 atom stereocenters. The van der Waals surface area contributed by atoms with Gasteiger partial charge in [-0.15, -0.1) is 0 Å². The fraction of sp³-hybridized carbons (Fsp3) is 0.600. The number of benzene rings is 1. The third-order valence-corrected chi connectivity index (χ3v) is 5.72. The van der Waals surface area contributed by atoms with Crippen molar-refractivity contribution in [2.45, 2.75) is 24.9 Å². The van der Waals surface area contributed by atoms with Gasteiger partial charge in [0.05, 0.1) is 6.61 Å². The molecule has 0 aliphatic carbocycles. The fourth-order valence-corrected chi connectivity index (χ4v) is 4.92. The van der Waals surface area contributed by atoms with Crippen LogP contribution >= 0.6 is 27.7 Å². The molecule has 0 radical (unpaired) electrons. The topological polar surface area (TPSA) is 38.5 Å². The van der Waals surface area contributed by atoms with Crippen LogP contribution in [0, 0.1) is 0 Å². The average molecular weight is 357 g/mol. The molecule has 3 nitrogen and oxygen atoms in total. The Balaban J connectivity index is 1.77. The number of nitrogens with zero attached hydrogens (tertiary/aromatic N) is 1.